The molecular weight excluding hydrogens is 264 g/mol. The molecule has 1 aromatic carbocycles. The number of nitrogens with zero attached hydrogens (tertiary/aromatic N) is 1. The van der Waals surface area contributed by atoms with E-state index in [-0.39, 0.29) is 22.7 Å². The van der Waals surface area contributed by atoms with Gasteiger partial charge in [-0.25, -0.2) is 0 Å². The van der Waals surface area contributed by atoms with Crippen molar-refractivity contribution in [3.63, 3.8) is 0 Å². The standard InChI is InChI=1S/C10H9ClN2O5/c11-7-2-1-6(8(4-7)13(17)18)3-9(14)12-5-10(15)16/h1-2,4H,3,5H2,(H,12,14)(H,15,16). The van der Waals surface area contributed by atoms with Gasteiger partial charge in [-0.3, -0.25) is 19.7 Å². The fourth-order valence-corrected chi connectivity index (χ4v) is 1.43. The van der Waals surface area contributed by atoms with Crippen LogP contribution in [0.5, 0.6) is 0 Å². The van der Waals surface area contributed by atoms with Gasteiger partial charge in [0, 0.05) is 16.7 Å². The first kappa shape index (κ1) is 13.9. The molecule has 1 rings (SSSR count). The highest BCUT2D eigenvalue weighted by atomic mass is 35.5. The zero-order chi connectivity index (χ0) is 13.7. The van der Waals surface area contributed by atoms with Crippen molar-refractivity contribution in [2.45, 2.75) is 6.42 Å². The predicted octanol–water partition coefficient (Wildman–Crippen LogP) is 0.991. The van der Waals surface area contributed by atoms with Gasteiger partial charge in [0.1, 0.15) is 6.54 Å². The van der Waals surface area contributed by atoms with Gasteiger partial charge in [0.15, 0.2) is 0 Å². The SMILES string of the molecule is O=C(O)CNC(=O)Cc1ccc(Cl)cc1[N+](=O)[O-]. The van der Waals surface area contributed by atoms with E-state index in [1.165, 1.54) is 12.1 Å². The summed E-state index contributed by atoms with van der Waals surface area (Å²) < 4.78 is 0. The number of nitro groups is 1. The first-order chi connectivity index (χ1) is 8.40. The average molecular weight is 273 g/mol. The van der Waals surface area contributed by atoms with Crippen LogP contribution in [0.4, 0.5) is 5.69 Å². The Labute approximate surface area is 107 Å². The van der Waals surface area contributed by atoms with Crippen LogP contribution in [-0.2, 0) is 16.0 Å². The molecule has 0 radical (unpaired) electrons. The van der Waals surface area contributed by atoms with Crippen molar-refractivity contribution >= 4 is 29.2 Å². The zero-order valence-corrected chi connectivity index (χ0v) is 9.81. The molecule has 2 N–H and O–H groups in total. The number of halogens is 1. The lowest BCUT2D eigenvalue weighted by Gasteiger charge is -2.04. The van der Waals surface area contributed by atoms with Crippen LogP contribution in [0.2, 0.25) is 5.02 Å². The Balaban J connectivity index is 2.81. The number of hydrogen-bond donors (Lipinski definition) is 2. The fraction of sp³-hybridized carbons (Fsp3) is 0.200. The van der Waals surface area contributed by atoms with Gasteiger partial charge < -0.3 is 10.4 Å². The first-order valence-corrected chi connectivity index (χ1v) is 5.19. The molecule has 0 fully saturated rings. The lowest BCUT2D eigenvalue weighted by molar-refractivity contribution is -0.385. The van der Waals surface area contributed by atoms with Crippen molar-refractivity contribution in [2.24, 2.45) is 0 Å². The smallest absolute Gasteiger partial charge is 0.322 e. The molecule has 1 aromatic rings. The van der Waals surface area contributed by atoms with E-state index < -0.39 is 23.3 Å². The van der Waals surface area contributed by atoms with Crippen LogP contribution in [0, 0.1) is 10.1 Å². The van der Waals surface area contributed by atoms with E-state index in [1.807, 2.05) is 0 Å². The summed E-state index contributed by atoms with van der Waals surface area (Å²) in [6, 6.07) is 3.93. The highest BCUT2D eigenvalue weighted by Crippen LogP contribution is 2.23. The van der Waals surface area contributed by atoms with Crippen molar-refractivity contribution in [2.75, 3.05) is 6.54 Å². The number of nitrogens with one attached hydrogen (secondary N) is 1. The highest BCUT2D eigenvalue weighted by molar-refractivity contribution is 6.30. The van der Waals surface area contributed by atoms with Crippen LogP contribution in [0.25, 0.3) is 0 Å². The Kier molecular flexibility index (Phi) is 4.61. The molecule has 0 saturated heterocycles. The monoisotopic (exact) mass is 272 g/mol. The number of benzene rings is 1. The Hall–Kier alpha value is -2.15. The fourth-order valence-electron chi connectivity index (χ4n) is 1.27. The number of amides is 1. The Morgan fingerprint density at radius 1 is 1.44 bits per heavy atom. The quantitative estimate of drug-likeness (QED) is 0.613. The summed E-state index contributed by atoms with van der Waals surface area (Å²) in [5, 5.41) is 21.4. The lowest BCUT2D eigenvalue weighted by Crippen LogP contribution is -2.30. The largest absolute Gasteiger partial charge is 0.480 e. The summed E-state index contributed by atoms with van der Waals surface area (Å²) in [5.41, 5.74) is -0.0970. The minimum absolute atomic E-state index is 0.173. The molecule has 0 aliphatic heterocycles. The number of hydrogen-bond acceptors (Lipinski definition) is 4. The zero-order valence-electron chi connectivity index (χ0n) is 9.05. The molecule has 0 saturated carbocycles. The summed E-state index contributed by atoms with van der Waals surface area (Å²) in [6.07, 6.45) is -0.277. The normalized spacial score (nSPS) is 9.83. The van der Waals surface area contributed by atoms with Crippen LogP contribution < -0.4 is 5.32 Å². The number of nitro benzene ring substituents is 1. The van der Waals surface area contributed by atoms with E-state index >= 15 is 0 Å². The van der Waals surface area contributed by atoms with Gasteiger partial charge in [0.25, 0.3) is 5.69 Å². The Morgan fingerprint density at radius 2 is 2.11 bits per heavy atom. The number of carboxylic acids is 1. The van der Waals surface area contributed by atoms with E-state index in [0.717, 1.165) is 6.07 Å². The molecule has 0 heterocycles. The van der Waals surface area contributed by atoms with Crippen molar-refractivity contribution in [1.82, 2.24) is 5.32 Å². The van der Waals surface area contributed by atoms with Gasteiger partial charge >= 0.3 is 5.97 Å². The highest BCUT2D eigenvalue weighted by Gasteiger charge is 2.17. The van der Waals surface area contributed by atoms with Crippen LogP contribution in [0.3, 0.4) is 0 Å². The molecule has 0 unspecified atom stereocenters. The van der Waals surface area contributed by atoms with Gasteiger partial charge in [-0.15, -0.1) is 0 Å². The second kappa shape index (κ2) is 5.97. The van der Waals surface area contributed by atoms with Gasteiger partial charge in [-0.2, -0.15) is 0 Å². The summed E-state index contributed by atoms with van der Waals surface area (Å²) in [7, 11) is 0. The minimum atomic E-state index is -1.19. The van der Waals surface area contributed by atoms with Gasteiger partial charge in [-0.1, -0.05) is 17.7 Å². The van der Waals surface area contributed by atoms with Crippen molar-refractivity contribution in [3.8, 4) is 0 Å². The molecule has 0 spiro atoms. The van der Waals surface area contributed by atoms with Gasteiger partial charge in [0.2, 0.25) is 5.91 Å². The lowest BCUT2D eigenvalue weighted by atomic mass is 10.1. The van der Waals surface area contributed by atoms with Gasteiger partial charge in [-0.05, 0) is 6.07 Å². The van der Waals surface area contributed by atoms with Crippen LogP contribution in [0.1, 0.15) is 5.56 Å². The molecule has 0 aliphatic rings. The predicted molar refractivity (Wildman–Crippen MR) is 62.5 cm³/mol. The summed E-state index contributed by atoms with van der Waals surface area (Å²) >= 11 is 5.62. The van der Waals surface area contributed by atoms with Crippen molar-refractivity contribution in [1.29, 1.82) is 0 Å². The number of carbonyl (C=O) groups excluding carboxylic acids is 1. The van der Waals surface area contributed by atoms with E-state index in [0.29, 0.717) is 0 Å². The maximum atomic E-state index is 11.3. The van der Waals surface area contributed by atoms with Crippen molar-refractivity contribution in [3.05, 3.63) is 38.9 Å². The molecule has 0 aromatic heterocycles. The van der Waals surface area contributed by atoms with Crippen LogP contribution >= 0.6 is 11.6 Å². The summed E-state index contributed by atoms with van der Waals surface area (Å²) in [5.74, 6) is -1.79. The first-order valence-electron chi connectivity index (χ1n) is 4.81. The molecule has 0 aliphatic carbocycles. The third-order valence-corrected chi connectivity index (χ3v) is 2.27. The Bertz CT molecular complexity index is 503. The van der Waals surface area contributed by atoms with Crippen LogP contribution in [0.15, 0.2) is 18.2 Å². The van der Waals surface area contributed by atoms with E-state index in [4.69, 9.17) is 16.7 Å². The van der Waals surface area contributed by atoms with E-state index in [2.05, 4.69) is 5.32 Å². The number of aliphatic carboxylic acids is 1. The van der Waals surface area contributed by atoms with Gasteiger partial charge in [0.05, 0.1) is 11.3 Å². The third kappa shape index (κ3) is 4.02. The third-order valence-electron chi connectivity index (χ3n) is 2.03. The Morgan fingerprint density at radius 3 is 2.67 bits per heavy atom. The number of carboxylic acid groups (broad SMARTS) is 1. The topological polar surface area (TPSA) is 110 Å². The maximum Gasteiger partial charge on any atom is 0.322 e. The number of rotatable bonds is 5. The molecule has 7 nitrogen and oxygen atoms in total. The minimum Gasteiger partial charge on any atom is -0.480 e. The molecule has 0 bridgehead atoms. The molecular formula is C10H9ClN2O5. The van der Waals surface area contributed by atoms with E-state index in [1.54, 1.807) is 0 Å². The molecule has 8 heteroatoms. The second-order valence-corrected chi connectivity index (χ2v) is 3.81. The molecule has 0 atom stereocenters. The molecule has 96 valence electrons. The summed E-state index contributed by atoms with van der Waals surface area (Å²) in [6.45, 7) is -0.528. The van der Waals surface area contributed by atoms with E-state index in [9.17, 15) is 19.7 Å². The maximum absolute atomic E-state index is 11.3. The average Bonchev–Trinajstić information content (AvgIpc) is 2.28. The van der Waals surface area contributed by atoms with Crippen molar-refractivity contribution < 1.29 is 19.6 Å². The van der Waals surface area contributed by atoms with Crippen LogP contribution in [-0.4, -0.2) is 28.5 Å². The molecule has 18 heavy (non-hydrogen) atoms. The summed E-state index contributed by atoms with van der Waals surface area (Å²) in [4.78, 5) is 31.7. The number of carbonyl (C=O) groups is 2. The molecule has 1 amide bonds. The second-order valence-electron chi connectivity index (χ2n) is 3.38.